The number of aromatic nitrogens is 1. The molecule has 222 valence electrons. The summed E-state index contributed by atoms with van der Waals surface area (Å²) in [4.78, 5) is 4.79. The van der Waals surface area contributed by atoms with Gasteiger partial charge in [-0.05, 0) is 101 Å². The average molecular weight is 608 g/mol. The Morgan fingerprint density at radius 3 is 1.25 bits per heavy atom. The van der Waals surface area contributed by atoms with Gasteiger partial charge in [0.05, 0.1) is 5.52 Å². The van der Waals surface area contributed by atoms with Crippen LogP contribution in [0, 0.1) is 0 Å². The van der Waals surface area contributed by atoms with Crippen LogP contribution in [0.4, 0.5) is 0 Å². The van der Waals surface area contributed by atoms with Gasteiger partial charge in [-0.15, -0.1) is 0 Å². The smallest absolute Gasteiger partial charge is 0.0786 e. The normalized spacial score (nSPS) is 11.8. The molecular formula is C47H29N. The van der Waals surface area contributed by atoms with E-state index in [1.807, 2.05) is 12.3 Å². The van der Waals surface area contributed by atoms with Crippen molar-refractivity contribution in [1.82, 2.24) is 4.98 Å². The van der Waals surface area contributed by atoms with Gasteiger partial charge in [0, 0.05) is 17.0 Å². The Labute approximate surface area is 279 Å². The first-order chi connectivity index (χ1) is 23.8. The van der Waals surface area contributed by atoms with Gasteiger partial charge in [0.15, 0.2) is 0 Å². The van der Waals surface area contributed by atoms with E-state index in [4.69, 9.17) is 4.98 Å². The molecule has 0 atom stereocenters. The molecule has 0 unspecified atom stereocenters. The molecule has 48 heavy (non-hydrogen) atoms. The summed E-state index contributed by atoms with van der Waals surface area (Å²) in [6.07, 6.45) is 1.89. The summed E-state index contributed by atoms with van der Waals surface area (Å²) in [5.74, 6) is 0. The molecule has 9 aromatic rings. The van der Waals surface area contributed by atoms with Crippen molar-refractivity contribution >= 4 is 32.4 Å². The molecule has 0 radical (unpaired) electrons. The topological polar surface area (TPSA) is 12.9 Å². The fraction of sp³-hybridized carbons (Fsp3) is 0. The largest absolute Gasteiger partial charge is 0.256 e. The zero-order chi connectivity index (χ0) is 31.6. The predicted molar refractivity (Wildman–Crippen MR) is 203 cm³/mol. The number of hydrogen-bond donors (Lipinski definition) is 0. The molecule has 0 bridgehead atoms. The van der Waals surface area contributed by atoms with Crippen LogP contribution >= 0.6 is 0 Å². The summed E-state index contributed by atoms with van der Waals surface area (Å²) in [6.45, 7) is 0. The van der Waals surface area contributed by atoms with Crippen molar-refractivity contribution < 1.29 is 0 Å². The third-order valence-electron chi connectivity index (χ3n) is 10.1. The Morgan fingerprint density at radius 1 is 0.250 bits per heavy atom. The fourth-order valence-corrected chi connectivity index (χ4v) is 7.84. The van der Waals surface area contributed by atoms with Crippen molar-refractivity contribution in [2.24, 2.45) is 0 Å². The van der Waals surface area contributed by atoms with Crippen molar-refractivity contribution in [1.29, 1.82) is 0 Å². The van der Waals surface area contributed by atoms with Crippen LogP contribution in [0.1, 0.15) is 0 Å². The molecule has 0 amide bonds. The Kier molecular flexibility index (Phi) is 5.94. The highest BCUT2D eigenvalue weighted by Gasteiger charge is 2.22. The van der Waals surface area contributed by atoms with E-state index >= 15 is 0 Å². The van der Waals surface area contributed by atoms with Crippen molar-refractivity contribution in [3.8, 4) is 66.8 Å². The lowest BCUT2D eigenvalue weighted by atomic mass is 9.80. The molecular weight excluding hydrogens is 579 g/mol. The second kappa shape index (κ2) is 10.6. The van der Waals surface area contributed by atoms with Crippen LogP contribution in [0.15, 0.2) is 176 Å². The maximum Gasteiger partial charge on any atom is 0.0786 e. The summed E-state index contributed by atoms with van der Waals surface area (Å²) >= 11 is 0. The molecule has 1 aliphatic carbocycles. The zero-order valence-electron chi connectivity index (χ0n) is 26.2. The zero-order valence-corrected chi connectivity index (χ0v) is 26.2. The van der Waals surface area contributed by atoms with E-state index in [9.17, 15) is 0 Å². The number of benzene rings is 8. The quantitative estimate of drug-likeness (QED) is 0.178. The van der Waals surface area contributed by atoms with Gasteiger partial charge >= 0.3 is 0 Å². The highest BCUT2D eigenvalue weighted by atomic mass is 14.6. The fourth-order valence-electron chi connectivity index (χ4n) is 7.84. The van der Waals surface area contributed by atoms with Gasteiger partial charge in [-0.3, -0.25) is 4.98 Å². The molecule has 1 nitrogen and oxygen atoms in total. The maximum absolute atomic E-state index is 4.79. The second-order valence-electron chi connectivity index (χ2n) is 12.7. The molecule has 1 heterocycles. The number of pyridine rings is 1. The Morgan fingerprint density at radius 2 is 0.646 bits per heavy atom. The van der Waals surface area contributed by atoms with Crippen LogP contribution in [0.5, 0.6) is 0 Å². The first-order valence-electron chi connectivity index (χ1n) is 16.5. The molecule has 1 heteroatoms. The Balaban J connectivity index is 1.10. The summed E-state index contributed by atoms with van der Waals surface area (Å²) in [5.41, 5.74) is 16.0. The lowest BCUT2D eigenvalue weighted by molar-refractivity contribution is 1.43. The van der Waals surface area contributed by atoms with Gasteiger partial charge < -0.3 is 0 Å². The van der Waals surface area contributed by atoms with Gasteiger partial charge in [0.2, 0.25) is 0 Å². The highest BCUT2D eigenvalue weighted by Crippen LogP contribution is 2.48. The molecule has 1 aliphatic rings. The minimum atomic E-state index is 1.06. The van der Waals surface area contributed by atoms with Crippen LogP contribution in [0.25, 0.3) is 99.2 Å². The van der Waals surface area contributed by atoms with Crippen LogP contribution in [0.2, 0.25) is 0 Å². The first-order valence-corrected chi connectivity index (χ1v) is 16.5. The molecule has 8 aromatic carbocycles. The van der Waals surface area contributed by atoms with Crippen LogP contribution in [-0.2, 0) is 0 Å². The third-order valence-corrected chi connectivity index (χ3v) is 10.1. The van der Waals surface area contributed by atoms with Gasteiger partial charge in [-0.1, -0.05) is 152 Å². The molecule has 0 fully saturated rings. The average Bonchev–Trinajstić information content (AvgIpc) is 3.17. The standard InChI is InChI=1S/C47H29N/c1-2-11-35-34(10-1)36-12-3-4-14-38(36)41-25-23-32(28-45(41)40-16-6-5-13-37(35)40)30-19-21-31(22-20-30)33-24-26-42-39-15-7-8-17-43(39)47-44(46(42)29-33)18-9-27-48-47/h1-29H. The van der Waals surface area contributed by atoms with Gasteiger partial charge in [-0.2, -0.15) is 0 Å². The van der Waals surface area contributed by atoms with E-state index in [0.29, 0.717) is 0 Å². The number of fused-ring (bicyclic) bond motifs is 14. The molecule has 10 rings (SSSR count). The van der Waals surface area contributed by atoms with Gasteiger partial charge in [0.25, 0.3) is 0 Å². The van der Waals surface area contributed by atoms with Crippen molar-refractivity contribution in [3.05, 3.63) is 176 Å². The molecule has 0 saturated carbocycles. The molecule has 0 saturated heterocycles. The van der Waals surface area contributed by atoms with E-state index in [0.717, 1.165) is 5.52 Å². The van der Waals surface area contributed by atoms with E-state index < -0.39 is 0 Å². The van der Waals surface area contributed by atoms with E-state index in [-0.39, 0.29) is 0 Å². The summed E-state index contributed by atoms with van der Waals surface area (Å²) in [5, 5.41) is 6.13. The minimum Gasteiger partial charge on any atom is -0.256 e. The van der Waals surface area contributed by atoms with Gasteiger partial charge in [-0.25, -0.2) is 0 Å². The summed E-state index contributed by atoms with van der Waals surface area (Å²) in [7, 11) is 0. The Bertz CT molecular complexity index is 2680. The third kappa shape index (κ3) is 4.08. The lowest BCUT2D eigenvalue weighted by Crippen LogP contribution is -1.97. The SMILES string of the molecule is c1ccc2c(c1)-c1ccccc1-c1ccc(-c3ccc(-c4ccc5c6ccccc6c6ncccc6c5c4)cc3)cc1-c1ccccc1-2. The monoisotopic (exact) mass is 607 g/mol. The summed E-state index contributed by atoms with van der Waals surface area (Å²) in [6, 6.07) is 62.2. The van der Waals surface area contributed by atoms with E-state index in [1.54, 1.807) is 0 Å². The van der Waals surface area contributed by atoms with Crippen LogP contribution < -0.4 is 0 Å². The van der Waals surface area contributed by atoms with Crippen molar-refractivity contribution in [2.75, 3.05) is 0 Å². The van der Waals surface area contributed by atoms with Crippen molar-refractivity contribution in [2.45, 2.75) is 0 Å². The highest BCUT2D eigenvalue weighted by molar-refractivity contribution is 6.24. The van der Waals surface area contributed by atoms with E-state index in [1.165, 1.54) is 93.7 Å². The van der Waals surface area contributed by atoms with E-state index in [2.05, 4.69) is 164 Å². The molecule has 1 aromatic heterocycles. The maximum atomic E-state index is 4.79. The lowest BCUT2D eigenvalue weighted by Gasteiger charge is -2.23. The van der Waals surface area contributed by atoms with Crippen molar-refractivity contribution in [3.63, 3.8) is 0 Å². The molecule has 0 N–H and O–H groups in total. The Hall–Kier alpha value is -6.31. The van der Waals surface area contributed by atoms with Crippen LogP contribution in [0.3, 0.4) is 0 Å². The minimum absolute atomic E-state index is 1.06. The summed E-state index contributed by atoms with van der Waals surface area (Å²) < 4.78 is 0. The molecule has 0 aliphatic heterocycles. The van der Waals surface area contributed by atoms with Gasteiger partial charge in [0.1, 0.15) is 0 Å². The number of nitrogens with zero attached hydrogens (tertiary/aromatic N) is 1. The second-order valence-corrected chi connectivity index (χ2v) is 12.7. The van der Waals surface area contributed by atoms with Crippen LogP contribution in [-0.4, -0.2) is 4.98 Å². The predicted octanol–water partition coefficient (Wildman–Crippen LogP) is 12.9. The first kappa shape index (κ1) is 26.9. The molecule has 0 spiro atoms. The number of rotatable bonds is 2. The number of hydrogen-bond acceptors (Lipinski definition) is 1.